The van der Waals surface area contributed by atoms with E-state index in [0.717, 1.165) is 16.7 Å². The topological polar surface area (TPSA) is 58.6 Å². The van der Waals surface area contributed by atoms with Crippen molar-refractivity contribution < 1.29 is 14.3 Å². The highest BCUT2D eigenvalue weighted by atomic mass is 16.5. The zero-order valence-corrected chi connectivity index (χ0v) is 15.6. The number of carbonyl (C=O) groups excluding carboxylic acids is 2. The van der Waals surface area contributed by atoms with E-state index in [4.69, 9.17) is 4.74 Å². The Labute approximate surface area is 155 Å². The smallest absolute Gasteiger partial charge is 0.258 e. The van der Waals surface area contributed by atoms with Crippen LogP contribution in [0.1, 0.15) is 23.6 Å². The van der Waals surface area contributed by atoms with Crippen molar-refractivity contribution in [1.29, 1.82) is 0 Å². The third-order valence-corrected chi connectivity index (χ3v) is 4.08. The second-order valence-electron chi connectivity index (χ2n) is 6.23. The van der Waals surface area contributed by atoms with Crippen molar-refractivity contribution in [2.45, 2.75) is 27.3 Å². The number of likely N-dealkylation sites (N-methyl/N-ethyl adjacent to an activating group) is 1. The summed E-state index contributed by atoms with van der Waals surface area (Å²) in [5.41, 5.74) is 3.18. The van der Waals surface area contributed by atoms with Crippen LogP contribution in [0.25, 0.3) is 0 Å². The lowest BCUT2D eigenvalue weighted by molar-refractivity contribution is -0.133. The monoisotopic (exact) mass is 354 g/mol. The Morgan fingerprint density at radius 1 is 1.08 bits per heavy atom. The first kappa shape index (κ1) is 19.5. The van der Waals surface area contributed by atoms with Crippen LogP contribution in [-0.4, -0.2) is 36.4 Å². The molecule has 0 aliphatic rings. The number of hydrogen-bond acceptors (Lipinski definition) is 3. The van der Waals surface area contributed by atoms with Crippen LogP contribution in [0.5, 0.6) is 5.75 Å². The zero-order chi connectivity index (χ0) is 18.9. The van der Waals surface area contributed by atoms with E-state index in [1.807, 2.05) is 69.3 Å². The van der Waals surface area contributed by atoms with Crippen LogP contribution in [0.15, 0.2) is 48.5 Å². The molecule has 0 radical (unpaired) electrons. The van der Waals surface area contributed by atoms with Crippen molar-refractivity contribution >= 4 is 11.8 Å². The molecule has 1 N–H and O–H groups in total. The highest BCUT2D eigenvalue weighted by Gasteiger charge is 2.13. The molecule has 0 fully saturated rings. The van der Waals surface area contributed by atoms with Crippen LogP contribution in [0, 0.1) is 13.8 Å². The fourth-order valence-electron chi connectivity index (χ4n) is 2.62. The van der Waals surface area contributed by atoms with E-state index in [0.29, 0.717) is 18.8 Å². The molecule has 0 aliphatic carbocycles. The lowest BCUT2D eigenvalue weighted by Crippen LogP contribution is -2.41. The Balaban J connectivity index is 1.79. The molecule has 2 rings (SSSR count). The number of carbonyl (C=O) groups is 2. The quantitative estimate of drug-likeness (QED) is 0.793. The number of rotatable bonds is 8. The SMILES string of the molecule is CCN(Cc1ccccc1)C(=O)CNC(=O)COc1ccc(C)cc1C. The molecule has 5 heteroatoms. The molecule has 5 nitrogen and oxygen atoms in total. The van der Waals surface area contributed by atoms with E-state index in [1.54, 1.807) is 4.90 Å². The van der Waals surface area contributed by atoms with Crippen LogP contribution in [0.2, 0.25) is 0 Å². The molecule has 0 saturated carbocycles. The molecule has 138 valence electrons. The molecule has 0 spiro atoms. The Morgan fingerprint density at radius 2 is 1.81 bits per heavy atom. The lowest BCUT2D eigenvalue weighted by Gasteiger charge is -2.21. The Kier molecular flexibility index (Phi) is 7.21. The number of nitrogens with one attached hydrogen (secondary N) is 1. The molecule has 26 heavy (non-hydrogen) atoms. The molecule has 2 amide bonds. The van der Waals surface area contributed by atoms with Crippen molar-refractivity contribution in [3.63, 3.8) is 0 Å². The second kappa shape index (κ2) is 9.61. The number of benzene rings is 2. The second-order valence-corrected chi connectivity index (χ2v) is 6.23. The van der Waals surface area contributed by atoms with Crippen molar-refractivity contribution in [2.24, 2.45) is 0 Å². The van der Waals surface area contributed by atoms with E-state index in [2.05, 4.69) is 5.32 Å². The molecule has 2 aromatic carbocycles. The van der Waals surface area contributed by atoms with Gasteiger partial charge in [0.05, 0.1) is 6.54 Å². The fourth-order valence-corrected chi connectivity index (χ4v) is 2.62. The fraction of sp³-hybridized carbons (Fsp3) is 0.333. The molecular weight excluding hydrogens is 328 g/mol. The maximum atomic E-state index is 12.3. The first-order valence-electron chi connectivity index (χ1n) is 8.78. The maximum absolute atomic E-state index is 12.3. The lowest BCUT2D eigenvalue weighted by atomic mass is 10.1. The Hall–Kier alpha value is -2.82. The highest BCUT2D eigenvalue weighted by molar-refractivity contribution is 5.85. The van der Waals surface area contributed by atoms with Gasteiger partial charge in [0.15, 0.2) is 6.61 Å². The summed E-state index contributed by atoms with van der Waals surface area (Å²) in [5, 5.41) is 2.63. The van der Waals surface area contributed by atoms with Gasteiger partial charge in [-0.05, 0) is 38.0 Å². The summed E-state index contributed by atoms with van der Waals surface area (Å²) < 4.78 is 5.53. The number of amides is 2. The molecule has 0 saturated heterocycles. The van der Waals surface area contributed by atoms with Gasteiger partial charge < -0.3 is 15.0 Å². The molecule has 2 aromatic rings. The largest absolute Gasteiger partial charge is 0.484 e. The van der Waals surface area contributed by atoms with E-state index >= 15 is 0 Å². The first-order chi connectivity index (χ1) is 12.5. The van der Waals surface area contributed by atoms with E-state index < -0.39 is 0 Å². The summed E-state index contributed by atoms with van der Waals surface area (Å²) in [4.78, 5) is 26.0. The Morgan fingerprint density at radius 3 is 2.46 bits per heavy atom. The first-order valence-corrected chi connectivity index (χ1v) is 8.78. The third kappa shape index (κ3) is 5.92. The minimum absolute atomic E-state index is 0.0320. The van der Waals surface area contributed by atoms with Gasteiger partial charge in [-0.2, -0.15) is 0 Å². The van der Waals surface area contributed by atoms with Crippen LogP contribution in [-0.2, 0) is 16.1 Å². The van der Waals surface area contributed by atoms with Gasteiger partial charge in [-0.25, -0.2) is 0 Å². The molecule has 0 atom stereocenters. The number of aryl methyl sites for hydroxylation is 2. The average Bonchev–Trinajstić information content (AvgIpc) is 2.64. The summed E-state index contributed by atoms with van der Waals surface area (Å²) in [5.74, 6) is 0.252. The summed E-state index contributed by atoms with van der Waals surface area (Å²) in [6.07, 6.45) is 0. The number of ether oxygens (including phenoxy) is 1. The van der Waals surface area contributed by atoms with Crippen LogP contribution in [0.3, 0.4) is 0 Å². The van der Waals surface area contributed by atoms with Gasteiger partial charge >= 0.3 is 0 Å². The van der Waals surface area contributed by atoms with Crippen molar-refractivity contribution in [1.82, 2.24) is 10.2 Å². The molecule has 0 unspecified atom stereocenters. The summed E-state index contributed by atoms with van der Waals surface area (Å²) >= 11 is 0. The number of hydrogen-bond donors (Lipinski definition) is 1. The van der Waals surface area contributed by atoms with Gasteiger partial charge in [0.1, 0.15) is 5.75 Å². The van der Waals surface area contributed by atoms with Crippen LogP contribution >= 0.6 is 0 Å². The van der Waals surface area contributed by atoms with Crippen LogP contribution in [0.4, 0.5) is 0 Å². The predicted molar refractivity (Wildman–Crippen MR) is 102 cm³/mol. The van der Waals surface area contributed by atoms with Gasteiger partial charge in [0, 0.05) is 13.1 Å². The highest BCUT2D eigenvalue weighted by Crippen LogP contribution is 2.18. The average molecular weight is 354 g/mol. The van der Waals surface area contributed by atoms with E-state index in [1.165, 1.54) is 0 Å². The maximum Gasteiger partial charge on any atom is 0.258 e. The Bertz CT molecular complexity index is 744. The minimum Gasteiger partial charge on any atom is -0.484 e. The van der Waals surface area contributed by atoms with Gasteiger partial charge in [0.25, 0.3) is 5.91 Å². The molecule has 0 aliphatic heterocycles. The molecule has 0 heterocycles. The van der Waals surface area contributed by atoms with Gasteiger partial charge in [-0.3, -0.25) is 9.59 Å². The standard InChI is InChI=1S/C21H26N2O3/c1-4-23(14-18-8-6-5-7-9-18)21(25)13-22-20(24)15-26-19-11-10-16(2)12-17(19)3/h5-12H,4,13-15H2,1-3H3,(H,22,24). The normalized spacial score (nSPS) is 10.3. The number of nitrogens with zero attached hydrogens (tertiary/aromatic N) is 1. The van der Waals surface area contributed by atoms with Crippen LogP contribution < -0.4 is 10.1 Å². The van der Waals surface area contributed by atoms with Gasteiger partial charge in [-0.1, -0.05) is 48.0 Å². The van der Waals surface area contributed by atoms with Gasteiger partial charge in [0.2, 0.25) is 5.91 Å². The van der Waals surface area contributed by atoms with Gasteiger partial charge in [-0.15, -0.1) is 0 Å². The predicted octanol–water partition coefficient (Wildman–Crippen LogP) is 2.85. The van der Waals surface area contributed by atoms with E-state index in [-0.39, 0.29) is 25.0 Å². The minimum atomic E-state index is -0.311. The van der Waals surface area contributed by atoms with Crippen molar-refractivity contribution in [3.05, 3.63) is 65.2 Å². The summed E-state index contributed by atoms with van der Waals surface area (Å²) in [6, 6.07) is 15.6. The summed E-state index contributed by atoms with van der Waals surface area (Å²) in [6.45, 7) is 6.84. The van der Waals surface area contributed by atoms with E-state index in [9.17, 15) is 9.59 Å². The van der Waals surface area contributed by atoms with Crippen molar-refractivity contribution in [3.8, 4) is 5.75 Å². The molecular formula is C21H26N2O3. The zero-order valence-electron chi connectivity index (χ0n) is 15.6. The summed E-state index contributed by atoms with van der Waals surface area (Å²) in [7, 11) is 0. The third-order valence-electron chi connectivity index (χ3n) is 4.08. The molecule has 0 bridgehead atoms. The van der Waals surface area contributed by atoms with Crippen molar-refractivity contribution in [2.75, 3.05) is 19.7 Å². The molecule has 0 aromatic heterocycles.